The van der Waals surface area contributed by atoms with Gasteiger partial charge in [0.1, 0.15) is 11.6 Å². The molecule has 1 N–H and O–H groups in total. The molecule has 4 nitrogen and oxygen atoms in total. The van der Waals surface area contributed by atoms with E-state index < -0.39 is 0 Å². The van der Waals surface area contributed by atoms with Crippen LogP contribution < -0.4 is 10.2 Å². The van der Waals surface area contributed by atoms with Crippen molar-refractivity contribution in [2.24, 2.45) is 5.92 Å². The third-order valence-electron chi connectivity index (χ3n) is 4.11. The third-order valence-corrected chi connectivity index (χ3v) is 4.11. The molecule has 3 rings (SSSR count). The maximum Gasteiger partial charge on any atom is 0.137 e. The van der Waals surface area contributed by atoms with Crippen LogP contribution in [0.2, 0.25) is 0 Å². The Morgan fingerprint density at radius 3 is 2.78 bits per heavy atom. The number of aryl methyl sites for hydroxylation is 1. The van der Waals surface area contributed by atoms with Crippen LogP contribution in [0, 0.1) is 12.8 Å². The fourth-order valence-corrected chi connectivity index (χ4v) is 2.93. The van der Waals surface area contributed by atoms with Gasteiger partial charge in [-0.2, -0.15) is 0 Å². The van der Waals surface area contributed by atoms with Gasteiger partial charge in [0.2, 0.25) is 0 Å². The lowest BCUT2D eigenvalue weighted by molar-refractivity contribution is 0.434. The van der Waals surface area contributed by atoms with Gasteiger partial charge >= 0.3 is 0 Å². The van der Waals surface area contributed by atoms with Crippen molar-refractivity contribution in [2.45, 2.75) is 39.7 Å². The largest absolute Gasteiger partial charge is 0.356 e. The van der Waals surface area contributed by atoms with Crippen molar-refractivity contribution in [2.75, 3.05) is 24.5 Å². The molecule has 3 heterocycles. The molecule has 0 atom stereocenters. The molecule has 1 fully saturated rings. The van der Waals surface area contributed by atoms with Crippen molar-refractivity contribution in [3.05, 3.63) is 17.1 Å². The number of piperidine rings is 1. The number of nitrogens with zero attached hydrogens (tertiary/aromatic N) is 3. The molecule has 0 unspecified atom stereocenters. The Hall–Kier alpha value is -1.16. The number of nitrogens with one attached hydrogen (secondary N) is 1. The van der Waals surface area contributed by atoms with Gasteiger partial charge in [-0.15, -0.1) is 0 Å². The zero-order valence-corrected chi connectivity index (χ0v) is 11.4. The van der Waals surface area contributed by atoms with E-state index in [0.29, 0.717) is 0 Å². The average molecular weight is 246 g/mol. The van der Waals surface area contributed by atoms with Gasteiger partial charge in [-0.25, -0.2) is 9.97 Å². The fraction of sp³-hybridized carbons (Fsp3) is 0.714. The Morgan fingerprint density at radius 1 is 1.22 bits per heavy atom. The van der Waals surface area contributed by atoms with E-state index in [2.05, 4.69) is 22.1 Å². The van der Waals surface area contributed by atoms with Gasteiger partial charge in [0.15, 0.2) is 0 Å². The van der Waals surface area contributed by atoms with E-state index in [1.807, 2.05) is 6.92 Å². The Labute approximate surface area is 109 Å². The van der Waals surface area contributed by atoms with Crippen molar-refractivity contribution >= 4 is 5.82 Å². The van der Waals surface area contributed by atoms with Crippen molar-refractivity contribution in [3.63, 3.8) is 0 Å². The number of fused-ring (bicyclic) bond motifs is 1. The molecule has 0 bridgehead atoms. The monoisotopic (exact) mass is 246 g/mol. The quantitative estimate of drug-likeness (QED) is 0.818. The molecule has 0 aliphatic carbocycles. The SMILES string of the molecule is Cc1nc2c(c(N3CCC(C)CC3)n1)CNCC2. The van der Waals surface area contributed by atoms with Gasteiger partial charge in [0.25, 0.3) is 0 Å². The van der Waals surface area contributed by atoms with Crippen LogP contribution in [0.3, 0.4) is 0 Å². The van der Waals surface area contributed by atoms with E-state index in [1.54, 1.807) is 0 Å². The molecule has 2 aliphatic heterocycles. The molecule has 0 aromatic carbocycles. The number of hydrogen-bond acceptors (Lipinski definition) is 4. The highest BCUT2D eigenvalue weighted by Crippen LogP contribution is 2.27. The van der Waals surface area contributed by atoms with Crippen LogP contribution in [0.25, 0.3) is 0 Å². The molecule has 4 heteroatoms. The summed E-state index contributed by atoms with van der Waals surface area (Å²) in [6, 6.07) is 0. The maximum absolute atomic E-state index is 4.71. The van der Waals surface area contributed by atoms with Gasteiger partial charge in [-0.1, -0.05) is 6.92 Å². The van der Waals surface area contributed by atoms with Crippen molar-refractivity contribution in [1.29, 1.82) is 0 Å². The minimum atomic E-state index is 0.859. The minimum Gasteiger partial charge on any atom is -0.356 e. The summed E-state index contributed by atoms with van der Waals surface area (Å²) in [5.74, 6) is 2.97. The topological polar surface area (TPSA) is 41.1 Å². The predicted molar refractivity (Wildman–Crippen MR) is 72.8 cm³/mol. The second-order valence-electron chi connectivity index (χ2n) is 5.62. The highest BCUT2D eigenvalue weighted by molar-refractivity contribution is 5.50. The van der Waals surface area contributed by atoms with Crippen LogP contribution >= 0.6 is 0 Å². The normalized spacial score (nSPS) is 20.9. The van der Waals surface area contributed by atoms with Crippen LogP contribution in [0.1, 0.15) is 36.8 Å². The Bertz CT molecular complexity index is 436. The molecule has 2 aliphatic rings. The van der Waals surface area contributed by atoms with Crippen LogP contribution in [-0.4, -0.2) is 29.6 Å². The van der Waals surface area contributed by atoms with E-state index in [1.165, 1.54) is 29.9 Å². The Balaban J connectivity index is 1.93. The van der Waals surface area contributed by atoms with E-state index in [9.17, 15) is 0 Å². The maximum atomic E-state index is 4.71. The minimum absolute atomic E-state index is 0.859. The molecule has 0 spiro atoms. The van der Waals surface area contributed by atoms with Gasteiger partial charge < -0.3 is 10.2 Å². The molecular formula is C14H22N4. The highest BCUT2D eigenvalue weighted by atomic mass is 15.2. The summed E-state index contributed by atoms with van der Waals surface area (Å²) in [5, 5.41) is 3.44. The summed E-state index contributed by atoms with van der Waals surface area (Å²) < 4.78 is 0. The van der Waals surface area contributed by atoms with Crippen LogP contribution in [0.5, 0.6) is 0 Å². The lowest BCUT2D eigenvalue weighted by Gasteiger charge is -2.33. The van der Waals surface area contributed by atoms with Gasteiger partial charge in [-0.3, -0.25) is 0 Å². The summed E-state index contributed by atoms with van der Waals surface area (Å²) in [5.41, 5.74) is 2.59. The first-order valence-corrected chi connectivity index (χ1v) is 7.06. The first-order chi connectivity index (χ1) is 8.74. The zero-order chi connectivity index (χ0) is 12.5. The van der Waals surface area contributed by atoms with Crippen molar-refractivity contribution in [1.82, 2.24) is 15.3 Å². The van der Waals surface area contributed by atoms with Crippen LogP contribution in [-0.2, 0) is 13.0 Å². The van der Waals surface area contributed by atoms with Crippen LogP contribution in [0.4, 0.5) is 5.82 Å². The molecule has 0 radical (unpaired) electrons. The zero-order valence-electron chi connectivity index (χ0n) is 11.4. The first kappa shape index (κ1) is 11.9. The highest BCUT2D eigenvalue weighted by Gasteiger charge is 2.23. The van der Waals surface area contributed by atoms with E-state index >= 15 is 0 Å². The smallest absolute Gasteiger partial charge is 0.137 e. The second-order valence-corrected chi connectivity index (χ2v) is 5.62. The summed E-state index contributed by atoms with van der Waals surface area (Å²) in [6.45, 7) is 8.61. The fourth-order valence-electron chi connectivity index (χ4n) is 2.93. The molecule has 0 amide bonds. The molecule has 1 aromatic heterocycles. The Morgan fingerprint density at radius 2 is 2.00 bits per heavy atom. The van der Waals surface area contributed by atoms with Crippen molar-refractivity contribution in [3.8, 4) is 0 Å². The number of rotatable bonds is 1. The Kier molecular flexibility index (Phi) is 3.20. The van der Waals surface area contributed by atoms with E-state index in [0.717, 1.165) is 44.3 Å². The summed E-state index contributed by atoms with van der Waals surface area (Å²) >= 11 is 0. The molecular weight excluding hydrogens is 224 g/mol. The summed E-state index contributed by atoms with van der Waals surface area (Å²) in [6.07, 6.45) is 3.60. The lowest BCUT2D eigenvalue weighted by Crippen LogP contribution is -2.36. The van der Waals surface area contributed by atoms with Gasteiger partial charge in [0, 0.05) is 38.2 Å². The predicted octanol–water partition coefficient (Wildman–Crippen LogP) is 1.67. The van der Waals surface area contributed by atoms with Gasteiger partial charge in [0.05, 0.1) is 5.69 Å². The van der Waals surface area contributed by atoms with Gasteiger partial charge in [-0.05, 0) is 25.7 Å². The molecule has 0 saturated carbocycles. The number of aromatic nitrogens is 2. The number of anilines is 1. The molecule has 18 heavy (non-hydrogen) atoms. The first-order valence-electron chi connectivity index (χ1n) is 7.06. The van der Waals surface area contributed by atoms with E-state index in [-0.39, 0.29) is 0 Å². The lowest BCUT2D eigenvalue weighted by atomic mass is 9.98. The second kappa shape index (κ2) is 4.84. The summed E-state index contributed by atoms with van der Waals surface area (Å²) in [7, 11) is 0. The molecule has 1 saturated heterocycles. The number of hydrogen-bond donors (Lipinski definition) is 1. The van der Waals surface area contributed by atoms with E-state index in [4.69, 9.17) is 4.98 Å². The third kappa shape index (κ3) is 2.21. The molecule has 1 aromatic rings. The van der Waals surface area contributed by atoms with Crippen molar-refractivity contribution < 1.29 is 0 Å². The standard InChI is InChI=1S/C14H22N4/c1-10-4-7-18(8-5-10)14-12-9-15-6-3-13(12)16-11(2)17-14/h10,15H,3-9H2,1-2H3. The molecule has 98 valence electrons. The van der Waals surface area contributed by atoms with Crippen LogP contribution in [0.15, 0.2) is 0 Å². The summed E-state index contributed by atoms with van der Waals surface area (Å²) in [4.78, 5) is 11.8. The average Bonchev–Trinajstić information content (AvgIpc) is 2.38.